The molecule has 4 atom stereocenters. The van der Waals surface area contributed by atoms with Crippen LogP contribution in [0.15, 0.2) is 4.42 Å². The Morgan fingerprint density at radius 2 is 2.24 bits per heavy atom. The van der Waals surface area contributed by atoms with E-state index in [1.807, 2.05) is 6.92 Å². The molecule has 17 heavy (non-hydrogen) atoms. The van der Waals surface area contributed by atoms with Crippen LogP contribution in [0.5, 0.6) is 0 Å². The summed E-state index contributed by atoms with van der Waals surface area (Å²) in [5.41, 5.74) is 0. The molecule has 0 aliphatic heterocycles. The highest BCUT2D eigenvalue weighted by atomic mass is 16.4. The molecule has 1 heterocycles. The van der Waals surface area contributed by atoms with Crippen molar-refractivity contribution in [2.45, 2.75) is 52.1 Å². The minimum absolute atomic E-state index is 0.567. The molecule has 0 spiro atoms. The van der Waals surface area contributed by atoms with Gasteiger partial charge in [-0.05, 0) is 43.9 Å². The van der Waals surface area contributed by atoms with Crippen molar-refractivity contribution in [2.24, 2.45) is 17.8 Å². The predicted molar refractivity (Wildman–Crippen MR) is 64.3 cm³/mol. The monoisotopic (exact) mass is 235 g/mol. The van der Waals surface area contributed by atoms with Crippen LogP contribution in [0.4, 0.5) is 0 Å². The van der Waals surface area contributed by atoms with E-state index in [1.54, 1.807) is 0 Å². The molecule has 1 aromatic heterocycles. The number of aryl methyl sites for hydroxylation is 1. The third-order valence-corrected chi connectivity index (χ3v) is 4.58. The minimum atomic E-state index is 0.567. The van der Waals surface area contributed by atoms with Gasteiger partial charge in [0.1, 0.15) is 0 Å². The highest BCUT2D eigenvalue weighted by molar-refractivity contribution is 4.94. The normalized spacial score (nSPS) is 33.2. The van der Waals surface area contributed by atoms with Crippen molar-refractivity contribution in [2.75, 3.05) is 0 Å². The second kappa shape index (κ2) is 4.41. The summed E-state index contributed by atoms with van der Waals surface area (Å²) < 4.78 is 5.37. The Bertz CT molecular complexity index is 390. The number of fused-ring (bicyclic) bond motifs is 2. The van der Waals surface area contributed by atoms with Crippen LogP contribution < -0.4 is 5.32 Å². The van der Waals surface area contributed by atoms with Gasteiger partial charge in [-0.25, -0.2) is 0 Å². The molecule has 2 aliphatic rings. The summed E-state index contributed by atoms with van der Waals surface area (Å²) in [6.07, 6.45) is 5.80. The zero-order chi connectivity index (χ0) is 11.8. The van der Waals surface area contributed by atoms with Crippen LogP contribution in [0.3, 0.4) is 0 Å². The zero-order valence-corrected chi connectivity index (χ0v) is 10.6. The average Bonchev–Trinajstić information content (AvgIpc) is 3.01. The largest absolute Gasteiger partial charge is 0.424 e. The minimum Gasteiger partial charge on any atom is -0.424 e. The number of hydrogen-bond acceptors (Lipinski definition) is 4. The molecule has 0 saturated heterocycles. The highest BCUT2D eigenvalue weighted by Crippen LogP contribution is 2.49. The quantitative estimate of drug-likeness (QED) is 0.870. The van der Waals surface area contributed by atoms with Gasteiger partial charge in [-0.3, -0.25) is 0 Å². The van der Waals surface area contributed by atoms with Crippen molar-refractivity contribution in [1.82, 2.24) is 15.5 Å². The second-order valence-electron chi connectivity index (χ2n) is 5.72. The first kappa shape index (κ1) is 11.2. The number of nitrogens with one attached hydrogen (secondary N) is 1. The van der Waals surface area contributed by atoms with Gasteiger partial charge in [0.2, 0.25) is 11.8 Å². The van der Waals surface area contributed by atoms with Crippen molar-refractivity contribution < 1.29 is 4.42 Å². The van der Waals surface area contributed by atoms with E-state index in [1.165, 1.54) is 25.7 Å². The molecule has 2 aliphatic carbocycles. The highest BCUT2D eigenvalue weighted by Gasteiger charge is 2.41. The van der Waals surface area contributed by atoms with Gasteiger partial charge in [-0.2, -0.15) is 0 Å². The maximum Gasteiger partial charge on any atom is 0.230 e. The Morgan fingerprint density at radius 1 is 1.35 bits per heavy atom. The van der Waals surface area contributed by atoms with Crippen molar-refractivity contribution in [3.05, 3.63) is 11.8 Å². The summed E-state index contributed by atoms with van der Waals surface area (Å²) in [7, 11) is 0. The number of aromatic nitrogens is 2. The van der Waals surface area contributed by atoms with E-state index in [9.17, 15) is 0 Å². The molecule has 3 rings (SSSR count). The van der Waals surface area contributed by atoms with Crippen molar-refractivity contribution in [3.63, 3.8) is 0 Å². The molecule has 2 fully saturated rings. The lowest BCUT2D eigenvalue weighted by atomic mass is 9.84. The molecule has 0 aromatic carbocycles. The Kier molecular flexibility index (Phi) is 2.90. The average molecular weight is 235 g/mol. The Hall–Kier alpha value is -0.900. The summed E-state index contributed by atoms with van der Waals surface area (Å²) in [5, 5.41) is 11.4. The molecule has 4 unspecified atom stereocenters. The van der Waals surface area contributed by atoms with E-state index >= 15 is 0 Å². The number of nitrogens with zero attached hydrogens (tertiary/aromatic N) is 2. The lowest BCUT2D eigenvalue weighted by molar-refractivity contribution is 0.254. The van der Waals surface area contributed by atoms with E-state index in [4.69, 9.17) is 4.42 Å². The lowest BCUT2D eigenvalue weighted by Crippen LogP contribution is -2.35. The Labute approximate surface area is 102 Å². The molecular formula is C13H21N3O. The van der Waals surface area contributed by atoms with Gasteiger partial charge in [0.25, 0.3) is 0 Å². The maximum absolute atomic E-state index is 5.37. The van der Waals surface area contributed by atoms with Crippen LogP contribution in [0, 0.1) is 24.7 Å². The molecule has 1 aromatic rings. The molecular weight excluding hydrogens is 214 g/mol. The molecule has 0 amide bonds. The van der Waals surface area contributed by atoms with Gasteiger partial charge in [0.05, 0.1) is 6.54 Å². The molecule has 94 valence electrons. The van der Waals surface area contributed by atoms with E-state index < -0.39 is 0 Å². The first-order valence-corrected chi connectivity index (χ1v) is 6.74. The summed E-state index contributed by atoms with van der Waals surface area (Å²) in [6.45, 7) is 4.83. The smallest absolute Gasteiger partial charge is 0.230 e. The zero-order valence-electron chi connectivity index (χ0n) is 10.6. The summed E-state index contributed by atoms with van der Waals surface area (Å²) in [4.78, 5) is 0. The fourth-order valence-electron chi connectivity index (χ4n) is 3.71. The van der Waals surface area contributed by atoms with E-state index in [0.29, 0.717) is 24.4 Å². The Morgan fingerprint density at radius 3 is 2.82 bits per heavy atom. The molecule has 4 heteroatoms. The molecule has 2 bridgehead atoms. The second-order valence-corrected chi connectivity index (χ2v) is 5.72. The molecule has 1 N–H and O–H groups in total. The van der Waals surface area contributed by atoms with E-state index in [2.05, 4.69) is 22.4 Å². The fourth-order valence-corrected chi connectivity index (χ4v) is 3.71. The topological polar surface area (TPSA) is 51.0 Å². The third kappa shape index (κ3) is 2.23. The van der Waals surface area contributed by atoms with Crippen LogP contribution in [-0.4, -0.2) is 16.2 Å². The number of hydrogen-bond donors (Lipinski definition) is 1. The maximum atomic E-state index is 5.37. The molecule has 2 saturated carbocycles. The predicted octanol–water partition coefficient (Wildman–Crippen LogP) is 2.29. The van der Waals surface area contributed by atoms with Gasteiger partial charge in [0.15, 0.2) is 0 Å². The van der Waals surface area contributed by atoms with E-state index in [-0.39, 0.29) is 0 Å². The van der Waals surface area contributed by atoms with Crippen LogP contribution in [-0.2, 0) is 6.54 Å². The number of rotatable bonds is 4. The SMILES string of the molecule is Cc1nnc(CNC(C)C2CC3CCC2C3)o1. The first-order valence-electron chi connectivity index (χ1n) is 6.74. The van der Waals surface area contributed by atoms with E-state index in [0.717, 1.165) is 17.8 Å². The molecule has 0 radical (unpaired) electrons. The molecule has 4 nitrogen and oxygen atoms in total. The van der Waals surface area contributed by atoms with Gasteiger partial charge < -0.3 is 9.73 Å². The van der Waals surface area contributed by atoms with Crippen molar-refractivity contribution >= 4 is 0 Å². The van der Waals surface area contributed by atoms with Crippen molar-refractivity contribution in [1.29, 1.82) is 0 Å². The summed E-state index contributed by atoms with van der Waals surface area (Å²) >= 11 is 0. The Balaban J connectivity index is 1.52. The van der Waals surface area contributed by atoms with Crippen molar-refractivity contribution in [3.8, 4) is 0 Å². The first-order chi connectivity index (χ1) is 8.22. The van der Waals surface area contributed by atoms with Gasteiger partial charge in [0, 0.05) is 13.0 Å². The standard InChI is InChI=1S/C13H21N3O/c1-8(12-6-10-3-4-11(12)5-10)14-7-13-16-15-9(2)17-13/h8,10-12,14H,3-7H2,1-2H3. The van der Waals surface area contributed by atoms with Gasteiger partial charge in [-0.1, -0.05) is 6.42 Å². The van der Waals surface area contributed by atoms with Crippen LogP contribution in [0.25, 0.3) is 0 Å². The fraction of sp³-hybridized carbons (Fsp3) is 0.846. The van der Waals surface area contributed by atoms with Gasteiger partial charge >= 0.3 is 0 Å². The van der Waals surface area contributed by atoms with Crippen LogP contribution in [0.1, 0.15) is 44.4 Å². The summed E-state index contributed by atoms with van der Waals surface area (Å²) in [5.74, 6) is 4.19. The van der Waals surface area contributed by atoms with Crippen LogP contribution >= 0.6 is 0 Å². The van der Waals surface area contributed by atoms with Gasteiger partial charge in [-0.15, -0.1) is 10.2 Å². The third-order valence-electron chi connectivity index (χ3n) is 4.58. The lowest BCUT2D eigenvalue weighted by Gasteiger charge is -2.28. The summed E-state index contributed by atoms with van der Waals surface area (Å²) in [6, 6.07) is 0.567. The van der Waals surface area contributed by atoms with Crippen LogP contribution in [0.2, 0.25) is 0 Å².